The maximum Gasteiger partial charge on any atom is 0.245 e. The monoisotopic (exact) mass is 600 g/mol. The third-order valence-corrected chi connectivity index (χ3v) is 7.51. The predicted molar refractivity (Wildman–Crippen MR) is 161 cm³/mol. The van der Waals surface area contributed by atoms with Crippen LogP contribution in [0, 0.1) is 0 Å². The molecule has 13 heteroatoms. The molecule has 1 aliphatic heterocycles. The summed E-state index contributed by atoms with van der Waals surface area (Å²) < 4.78 is 0. The number of nitrogens with one attached hydrogen (secondary N) is 5. The molecular formula is C30H44N6O7. The lowest BCUT2D eigenvalue weighted by Crippen LogP contribution is -2.58. The highest BCUT2D eigenvalue weighted by atomic mass is 16.3. The van der Waals surface area contributed by atoms with Gasteiger partial charge in [0.05, 0.1) is 18.8 Å². The Balaban J connectivity index is 2.14. The van der Waals surface area contributed by atoms with Gasteiger partial charge in [-0.25, -0.2) is 0 Å². The maximum absolute atomic E-state index is 13.8. The maximum atomic E-state index is 13.8. The van der Waals surface area contributed by atoms with E-state index in [2.05, 4.69) is 26.6 Å². The number of nitrogens with zero attached hydrogens (tertiary/aromatic N) is 1. The Bertz CT molecular complexity index is 1260. The molecule has 236 valence electrons. The minimum absolute atomic E-state index is 0.00458. The molecule has 13 nitrogen and oxygen atoms in total. The molecule has 1 aliphatic rings. The summed E-state index contributed by atoms with van der Waals surface area (Å²) in [7, 11) is 4.96. The van der Waals surface area contributed by atoms with Gasteiger partial charge in [0, 0.05) is 45.4 Å². The van der Waals surface area contributed by atoms with Gasteiger partial charge >= 0.3 is 0 Å². The normalized spacial score (nSPS) is 19.9. The lowest BCUT2D eigenvalue weighted by molar-refractivity contribution is -0.138. The van der Waals surface area contributed by atoms with Crippen LogP contribution < -0.4 is 26.6 Å². The number of aliphatic hydroxyl groups excluding tert-OH is 2. The summed E-state index contributed by atoms with van der Waals surface area (Å²) >= 11 is 0. The van der Waals surface area contributed by atoms with Crippen LogP contribution in [0.15, 0.2) is 36.4 Å². The van der Waals surface area contributed by atoms with E-state index in [0.717, 1.165) is 5.56 Å². The van der Waals surface area contributed by atoms with E-state index < -0.39 is 42.0 Å². The third kappa shape index (κ3) is 9.12. The molecule has 3 rings (SSSR count). The Labute approximate surface area is 251 Å². The van der Waals surface area contributed by atoms with Gasteiger partial charge in [-0.1, -0.05) is 12.1 Å². The number of phenols is 2. The zero-order valence-corrected chi connectivity index (χ0v) is 24.9. The van der Waals surface area contributed by atoms with Gasteiger partial charge in [0.15, 0.2) is 0 Å². The number of aromatic hydroxyl groups is 2. The number of hydrogen-bond acceptors (Lipinski definition) is 10. The van der Waals surface area contributed by atoms with Crippen LogP contribution in [0.4, 0.5) is 0 Å². The second-order valence-electron chi connectivity index (χ2n) is 10.7. The molecule has 0 aliphatic carbocycles. The topological polar surface area (TPSA) is 196 Å². The first-order valence-corrected chi connectivity index (χ1v) is 14.4. The lowest BCUT2D eigenvalue weighted by Gasteiger charge is -2.30. The predicted octanol–water partition coefficient (Wildman–Crippen LogP) is -1.57. The van der Waals surface area contributed by atoms with Gasteiger partial charge in [-0.15, -0.1) is 0 Å². The number of fused-ring (bicyclic) bond motifs is 5. The molecule has 1 heterocycles. The number of amides is 3. The van der Waals surface area contributed by atoms with Crippen LogP contribution in [0.5, 0.6) is 11.5 Å². The first-order chi connectivity index (χ1) is 20.6. The van der Waals surface area contributed by atoms with Crippen LogP contribution >= 0.6 is 0 Å². The van der Waals surface area contributed by atoms with E-state index in [1.54, 1.807) is 45.4 Å². The van der Waals surface area contributed by atoms with Gasteiger partial charge < -0.3 is 51.9 Å². The summed E-state index contributed by atoms with van der Waals surface area (Å²) in [4.78, 5) is 42.4. The first kappa shape index (κ1) is 33.7. The summed E-state index contributed by atoms with van der Waals surface area (Å²) in [5.74, 6) is -1.78. The van der Waals surface area contributed by atoms with E-state index in [1.807, 2.05) is 0 Å². The molecule has 0 spiro atoms. The van der Waals surface area contributed by atoms with Gasteiger partial charge in [-0.05, 0) is 67.7 Å². The molecule has 0 saturated carbocycles. The van der Waals surface area contributed by atoms with Crippen molar-refractivity contribution in [1.82, 2.24) is 31.5 Å². The minimum Gasteiger partial charge on any atom is -0.508 e. The molecule has 0 fully saturated rings. The van der Waals surface area contributed by atoms with E-state index in [1.165, 1.54) is 17.0 Å². The van der Waals surface area contributed by atoms with Gasteiger partial charge in [-0.3, -0.25) is 14.4 Å². The fraction of sp³-hybridized carbons (Fsp3) is 0.500. The molecule has 0 radical (unpaired) electrons. The van der Waals surface area contributed by atoms with Crippen molar-refractivity contribution in [2.45, 2.75) is 43.5 Å². The van der Waals surface area contributed by atoms with Crippen molar-refractivity contribution in [2.75, 3.05) is 53.9 Å². The molecule has 43 heavy (non-hydrogen) atoms. The Morgan fingerprint density at radius 2 is 1.56 bits per heavy atom. The molecule has 2 aromatic rings. The number of carbonyl (C=O) groups is 3. The second-order valence-corrected chi connectivity index (χ2v) is 10.7. The van der Waals surface area contributed by atoms with Crippen molar-refractivity contribution >= 4 is 17.7 Å². The van der Waals surface area contributed by atoms with Crippen molar-refractivity contribution in [3.63, 3.8) is 0 Å². The van der Waals surface area contributed by atoms with Crippen LogP contribution in [0.25, 0.3) is 11.1 Å². The van der Waals surface area contributed by atoms with Gasteiger partial charge in [-0.2, -0.15) is 0 Å². The van der Waals surface area contributed by atoms with Crippen LogP contribution in [0.1, 0.15) is 17.5 Å². The van der Waals surface area contributed by atoms with E-state index in [-0.39, 0.29) is 57.0 Å². The number of benzene rings is 2. The van der Waals surface area contributed by atoms with Gasteiger partial charge in [0.1, 0.15) is 23.6 Å². The molecule has 3 amide bonds. The highest BCUT2D eigenvalue weighted by Crippen LogP contribution is 2.31. The Hall–Kier alpha value is -3.75. The average Bonchev–Trinajstić information content (AvgIpc) is 2.98. The second kappa shape index (κ2) is 16.2. The van der Waals surface area contributed by atoms with E-state index in [0.29, 0.717) is 23.2 Å². The van der Waals surface area contributed by atoms with Crippen molar-refractivity contribution < 1.29 is 34.8 Å². The minimum atomic E-state index is -1.21. The highest BCUT2D eigenvalue weighted by molar-refractivity contribution is 5.93. The standard InChI is InChI=1S/C30H44N6O7/c1-31-8-9-36(10-11-37)30(43)25-15-21-13-19(5-7-27(21)40)18-4-6-26(39)20(12-18)14-23(33-3)28(41)34-24(29(42)35-25)16-22(38)17-32-2/h4-7,12-13,22-25,31-33,37-40H,8-11,14-17H2,1-3H3,(H,34,41)(H,35,42)/t22-,23+,24+,25+/m1/s1. The van der Waals surface area contributed by atoms with Crippen molar-refractivity contribution in [1.29, 1.82) is 0 Å². The molecule has 0 saturated heterocycles. The zero-order valence-electron chi connectivity index (χ0n) is 24.9. The number of hydrogen-bond donors (Lipinski definition) is 9. The quantitative estimate of drug-likeness (QED) is 0.145. The molecule has 9 N–H and O–H groups in total. The number of likely N-dealkylation sites (N-methyl/N-ethyl adjacent to an activating group) is 3. The van der Waals surface area contributed by atoms with Crippen molar-refractivity contribution in [2.24, 2.45) is 0 Å². The van der Waals surface area contributed by atoms with Crippen molar-refractivity contribution in [3.05, 3.63) is 47.5 Å². The summed E-state index contributed by atoms with van der Waals surface area (Å²) in [5, 5.41) is 55.8. The van der Waals surface area contributed by atoms with Gasteiger partial charge in [0.2, 0.25) is 17.7 Å². The molecule has 0 unspecified atom stereocenters. The first-order valence-electron chi connectivity index (χ1n) is 14.4. The molecule has 4 atom stereocenters. The third-order valence-electron chi connectivity index (χ3n) is 7.51. The Morgan fingerprint density at radius 1 is 0.930 bits per heavy atom. The fourth-order valence-corrected chi connectivity index (χ4v) is 5.11. The summed E-state index contributed by atoms with van der Waals surface area (Å²) in [6, 6.07) is 6.71. The lowest BCUT2D eigenvalue weighted by atomic mass is 9.95. The summed E-state index contributed by atoms with van der Waals surface area (Å²) in [6.45, 7) is 0.597. The zero-order chi connectivity index (χ0) is 31.5. The van der Waals surface area contributed by atoms with Gasteiger partial charge in [0.25, 0.3) is 0 Å². The molecule has 2 aromatic carbocycles. The summed E-state index contributed by atoms with van der Waals surface area (Å²) in [6.07, 6.45) is -1.12. The fourth-order valence-electron chi connectivity index (χ4n) is 5.11. The van der Waals surface area contributed by atoms with Crippen molar-refractivity contribution in [3.8, 4) is 22.6 Å². The van der Waals surface area contributed by atoms with Crippen LogP contribution in [-0.4, -0.2) is 121 Å². The van der Waals surface area contributed by atoms with Crippen LogP contribution in [0.3, 0.4) is 0 Å². The van der Waals surface area contributed by atoms with E-state index >= 15 is 0 Å². The van der Waals surface area contributed by atoms with Crippen LogP contribution in [-0.2, 0) is 27.2 Å². The molecule has 4 bridgehead atoms. The number of aliphatic hydroxyl groups is 2. The highest BCUT2D eigenvalue weighted by Gasteiger charge is 2.33. The largest absolute Gasteiger partial charge is 0.508 e. The summed E-state index contributed by atoms with van der Waals surface area (Å²) in [5.41, 5.74) is 2.30. The molecule has 0 aromatic heterocycles. The molecular weight excluding hydrogens is 556 g/mol. The van der Waals surface area contributed by atoms with Crippen LogP contribution in [0.2, 0.25) is 0 Å². The number of rotatable bonds is 11. The SMILES string of the molecule is CNCCN(CCO)C(=O)[C@@H]1Cc2cc(ccc2O)-c2ccc(O)c(c2)C[C@H](NC)C(=O)N[C@@H](C[C@@H](O)CNC)C(=O)N1. The number of carbonyl (C=O) groups excluding carboxylic acids is 3. The van der Waals surface area contributed by atoms with E-state index in [9.17, 15) is 34.8 Å². The Morgan fingerprint density at radius 3 is 2.12 bits per heavy atom. The van der Waals surface area contributed by atoms with E-state index in [4.69, 9.17) is 0 Å². The number of phenolic OH excluding ortho intramolecular Hbond substituents is 2. The average molecular weight is 601 g/mol. The smallest absolute Gasteiger partial charge is 0.245 e. The Kier molecular flexibility index (Phi) is 12.7.